The van der Waals surface area contributed by atoms with Gasteiger partial charge in [0.05, 0.1) is 17.8 Å². The van der Waals surface area contributed by atoms with E-state index >= 15 is 0 Å². The van der Waals surface area contributed by atoms with E-state index < -0.39 is 5.60 Å². The Morgan fingerprint density at radius 2 is 1.60 bits per heavy atom. The van der Waals surface area contributed by atoms with Gasteiger partial charge >= 0.3 is 0 Å². The van der Waals surface area contributed by atoms with E-state index in [2.05, 4.69) is 20.8 Å². The monoisotopic (exact) mass is 282 g/mol. The van der Waals surface area contributed by atoms with Crippen molar-refractivity contribution >= 4 is 0 Å². The van der Waals surface area contributed by atoms with Crippen molar-refractivity contribution in [2.45, 2.75) is 90.3 Å². The smallest absolute Gasteiger partial charge is 0.0654 e. The molecule has 0 bridgehead atoms. The van der Waals surface area contributed by atoms with Crippen LogP contribution in [0.1, 0.15) is 79.1 Å². The van der Waals surface area contributed by atoms with E-state index in [9.17, 15) is 5.11 Å². The lowest BCUT2D eigenvalue weighted by atomic mass is 9.75. The normalized spacial score (nSPS) is 44.2. The predicted octanol–water partition coefficient (Wildman–Crippen LogP) is 4.55. The lowest BCUT2D eigenvalue weighted by Crippen LogP contribution is -2.37. The second-order valence-electron chi connectivity index (χ2n) is 8.26. The molecule has 2 fully saturated rings. The van der Waals surface area contributed by atoms with E-state index in [0.717, 1.165) is 44.1 Å². The molecule has 1 N–H and O–H groups in total. The van der Waals surface area contributed by atoms with Gasteiger partial charge in [0, 0.05) is 0 Å². The first-order valence-corrected chi connectivity index (χ1v) is 8.66. The molecule has 0 aromatic rings. The van der Waals surface area contributed by atoms with Crippen molar-refractivity contribution in [3.8, 4) is 0 Å². The Morgan fingerprint density at radius 1 is 1.05 bits per heavy atom. The van der Waals surface area contributed by atoms with Gasteiger partial charge in [-0.3, -0.25) is 0 Å². The van der Waals surface area contributed by atoms with E-state index in [0.29, 0.717) is 5.92 Å². The highest BCUT2D eigenvalue weighted by atomic mass is 16.5. The number of aliphatic hydroxyl groups is 1. The molecule has 1 atom stereocenters. The summed E-state index contributed by atoms with van der Waals surface area (Å²) in [5, 5.41) is 10.0. The van der Waals surface area contributed by atoms with Crippen molar-refractivity contribution in [1.82, 2.24) is 0 Å². The average Bonchev–Trinajstić information content (AvgIpc) is 2.40. The molecule has 0 radical (unpaired) electrons. The van der Waals surface area contributed by atoms with Crippen molar-refractivity contribution in [2.24, 2.45) is 17.8 Å². The van der Waals surface area contributed by atoms with Crippen LogP contribution in [-0.2, 0) is 4.74 Å². The summed E-state index contributed by atoms with van der Waals surface area (Å²) in [4.78, 5) is 0. The van der Waals surface area contributed by atoms with Gasteiger partial charge in [-0.25, -0.2) is 0 Å². The van der Waals surface area contributed by atoms with E-state index in [1.54, 1.807) is 0 Å². The van der Waals surface area contributed by atoms with Crippen molar-refractivity contribution < 1.29 is 9.84 Å². The first kappa shape index (κ1) is 16.3. The molecular weight excluding hydrogens is 248 g/mol. The Labute approximate surface area is 125 Å². The molecule has 1 unspecified atom stereocenters. The van der Waals surface area contributed by atoms with Crippen LogP contribution in [-0.4, -0.2) is 22.9 Å². The predicted molar refractivity (Wildman–Crippen MR) is 83.7 cm³/mol. The molecule has 2 aliphatic rings. The highest BCUT2D eigenvalue weighted by Gasteiger charge is 2.34. The number of hydrogen-bond donors (Lipinski definition) is 1. The summed E-state index contributed by atoms with van der Waals surface area (Å²) in [5.41, 5.74) is -0.288. The second kappa shape index (κ2) is 6.36. The van der Waals surface area contributed by atoms with Gasteiger partial charge in [-0.05, 0) is 83.0 Å². The summed E-state index contributed by atoms with van der Waals surface area (Å²) in [6.45, 7) is 9.87. The molecule has 0 amide bonds. The molecule has 2 aliphatic carbocycles. The van der Waals surface area contributed by atoms with Crippen LogP contribution in [0.2, 0.25) is 0 Å². The fourth-order valence-corrected chi connectivity index (χ4v) is 3.82. The Hall–Kier alpha value is -0.0800. The van der Waals surface area contributed by atoms with Gasteiger partial charge in [0.2, 0.25) is 0 Å². The Bertz CT molecular complexity index is 293. The average molecular weight is 282 g/mol. The zero-order valence-corrected chi connectivity index (χ0v) is 14.0. The third-order valence-corrected chi connectivity index (χ3v) is 5.94. The van der Waals surface area contributed by atoms with Gasteiger partial charge < -0.3 is 9.84 Å². The number of rotatable bonds is 4. The summed E-state index contributed by atoms with van der Waals surface area (Å²) in [6.07, 6.45) is 9.30. The first-order valence-electron chi connectivity index (χ1n) is 8.66. The fourth-order valence-electron chi connectivity index (χ4n) is 3.82. The standard InChI is InChI=1S/C18H34O2/c1-14-5-11-18(4,12-6-14)20-13-15(2)16-7-9-17(3,19)10-8-16/h14-16,19H,5-13H2,1-4H3/t14-,15?,16-,17+,18-. The van der Waals surface area contributed by atoms with Crippen molar-refractivity contribution in [3.05, 3.63) is 0 Å². The molecule has 118 valence electrons. The highest BCUT2D eigenvalue weighted by molar-refractivity contribution is 4.85. The Morgan fingerprint density at radius 3 is 2.15 bits per heavy atom. The molecule has 2 saturated carbocycles. The summed E-state index contributed by atoms with van der Waals surface area (Å²) < 4.78 is 6.32. The van der Waals surface area contributed by atoms with Crippen LogP contribution in [0.3, 0.4) is 0 Å². The summed E-state index contributed by atoms with van der Waals surface area (Å²) in [7, 11) is 0. The van der Waals surface area contributed by atoms with Gasteiger partial charge in [0.1, 0.15) is 0 Å². The van der Waals surface area contributed by atoms with Crippen molar-refractivity contribution in [3.63, 3.8) is 0 Å². The van der Waals surface area contributed by atoms with Gasteiger partial charge in [0.25, 0.3) is 0 Å². The van der Waals surface area contributed by atoms with E-state index in [1.807, 2.05) is 6.92 Å². The fraction of sp³-hybridized carbons (Fsp3) is 1.00. The van der Waals surface area contributed by atoms with E-state index in [1.165, 1.54) is 25.7 Å². The minimum atomic E-state index is -0.414. The third kappa shape index (κ3) is 4.46. The topological polar surface area (TPSA) is 29.5 Å². The molecule has 0 aromatic heterocycles. The molecule has 2 heteroatoms. The molecule has 2 nitrogen and oxygen atoms in total. The zero-order chi connectivity index (χ0) is 14.8. The van der Waals surface area contributed by atoms with Crippen molar-refractivity contribution in [1.29, 1.82) is 0 Å². The summed E-state index contributed by atoms with van der Waals surface area (Å²) in [6, 6.07) is 0. The van der Waals surface area contributed by atoms with Crippen LogP contribution in [0.5, 0.6) is 0 Å². The van der Waals surface area contributed by atoms with Gasteiger partial charge in [0.15, 0.2) is 0 Å². The minimum absolute atomic E-state index is 0.126. The maximum Gasteiger partial charge on any atom is 0.0654 e. The molecule has 0 heterocycles. The minimum Gasteiger partial charge on any atom is -0.390 e. The molecule has 20 heavy (non-hydrogen) atoms. The van der Waals surface area contributed by atoms with Gasteiger partial charge in [-0.15, -0.1) is 0 Å². The van der Waals surface area contributed by atoms with Crippen LogP contribution < -0.4 is 0 Å². The quantitative estimate of drug-likeness (QED) is 0.819. The summed E-state index contributed by atoms with van der Waals surface area (Å²) in [5.74, 6) is 2.24. The summed E-state index contributed by atoms with van der Waals surface area (Å²) >= 11 is 0. The van der Waals surface area contributed by atoms with Gasteiger partial charge in [-0.2, -0.15) is 0 Å². The maximum atomic E-state index is 10.0. The molecule has 0 aliphatic heterocycles. The number of ether oxygens (including phenoxy) is 1. The highest BCUT2D eigenvalue weighted by Crippen LogP contribution is 2.38. The van der Waals surface area contributed by atoms with Crippen LogP contribution in [0.4, 0.5) is 0 Å². The SMILES string of the molecule is CC(CO[C@]1(C)CC[C@@H](C)CC1)[C@H]1CC[C@@](C)(O)CC1. The molecule has 0 saturated heterocycles. The van der Waals surface area contributed by atoms with E-state index in [-0.39, 0.29) is 5.60 Å². The first-order chi connectivity index (χ1) is 9.30. The zero-order valence-electron chi connectivity index (χ0n) is 14.0. The second-order valence-corrected chi connectivity index (χ2v) is 8.26. The van der Waals surface area contributed by atoms with Crippen LogP contribution in [0.25, 0.3) is 0 Å². The molecule has 2 rings (SSSR count). The Balaban J connectivity index is 1.74. The lowest BCUT2D eigenvalue weighted by Gasteiger charge is -2.39. The molecular formula is C18H34O2. The number of hydrogen-bond acceptors (Lipinski definition) is 2. The van der Waals surface area contributed by atoms with Crippen LogP contribution in [0, 0.1) is 17.8 Å². The molecule has 0 spiro atoms. The Kier molecular flexibility index (Phi) is 5.18. The van der Waals surface area contributed by atoms with Crippen LogP contribution in [0.15, 0.2) is 0 Å². The lowest BCUT2D eigenvalue weighted by molar-refractivity contribution is -0.0870. The van der Waals surface area contributed by atoms with Gasteiger partial charge in [-0.1, -0.05) is 13.8 Å². The van der Waals surface area contributed by atoms with Crippen LogP contribution >= 0.6 is 0 Å². The van der Waals surface area contributed by atoms with E-state index in [4.69, 9.17) is 4.74 Å². The van der Waals surface area contributed by atoms with Crippen molar-refractivity contribution in [2.75, 3.05) is 6.61 Å². The maximum absolute atomic E-state index is 10.0. The third-order valence-electron chi connectivity index (χ3n) is 5.94. The largest absolute Gasteiger partial charge is 0.390 e. The molecule has 0 aromatic carbocycles.